The fourth-order valence-electron chi connectivity index (χ4n) is 1.73. The van der Waals surface area contributed by atoms with Crippen LogP contribution in [0, 0.1) is 24.1 Å². The zero-order chi connectivity index (χ0) is 14.0. The lowest BCUT2D eigenvalue weighted by atomic mass is 10.1. The summed E-state index contributed by atoms with van der Waals surface area (Å²) < 4.78 is 13.4. The van der Waals surface area contributed by atoms with E-state index in [1.165, 1.54) is 23.9 Å². The molecule has 1 aromatic heterocycles. The van der Waals surface area contributed by atoms with Gasteiger partial charge in [0.25, 0.3) is 5.56 Å². The van der Waals surface area contributed by atoms with E-state index in [0.29, 0.717) is 16.3 Å². The van der Waals surface area contributed by atoms with E-state index in [0.717, 1.165) is 0 Å². The van der Waals surface area contributed by atoms with Gasteiger partial charge in [-0.15, -0.1) is 0 Å². The second-order valence-corrected chi connectivity index (χ2v) is 4.72. The molecular formula is C13H10FN3OS. The number of H-pyrrole nitrogens is 1. The standard InChI is InChI=1S/C13H10FN3OS/c1-7-3-8(5-9(14)4-7)11-10(6-15)12(18)17-13(16-11)19-2/h3-5H,1-2H3,(H,16,17,18). The number of hydrogen-bond donors (Lipinski definition) is 1. The van der Waals surface area contributed by atoms with Crippen LogP contribution in [0.25, 0.3) is 11.3 Å². The Morgan fingerprint density at radius 2 is 2.16 bits per heavy atom. The van der Waals surface area contributed by atoms with Crippen molar-refractivity contribution in [3.63, 3.8) is 0 Å². The number of nitriles is 1. The van der Waals surface area contributed by atoms with Crippen molar-refractivity contribution in [1.29, 1.82) is 5.26 Å². The number of aromatic amines is 1. The Bertz CT molecular complexity index is 713. The summed E-state index contributed by atoms with van der Waals surface area (Å²) in [7, 11) is 0. The summed E-state index contributed by atoms with van der Waals surface area (Å²) in [6.45, 7) is 1.74. The van der Waals surface area contributed by atoms with Crippen molar-refractivity contribution in [2.24, 2.45) is 0 Å². The molecule has 1 N–H and O–H groups in total. The fraction of sp³-hybridized carbons (Fsp3) is 0.154. The largest absolute Gasteiger partial charge is 0.300 e. The van der Waals surface area contributed by atoms with E-state index >= 15 is 0 Å². The van der Waals surface area contributed by atoms with Crippen molar-refractivity contribution in [3.05, 3.63) is 45.5 Å². The zero-order valence-corrected chi connectivity index (χ0v) is 11.1. The Hall–Kier alpha value is -2.13. The van der Waals surface area contributed by atoms with E-state index in [1.807, 2.05) is 6.07 Å². The molecule has 0 radical (unpaired) electrons. The van der Waals surface area contributed by atoms with Gasteiger partial charge in [-0.2, -0.15) is 5.26 Å². The SMILES string of the molecule is CSc1nc(-c2cc(C)cc(F)c2)c(C#N)c(=O)[nH]1. The van der Waals surface area contributed by atoms with E-state index in [9.17, 15) is 9.18 Å². The van der Waals surface area contributed by atoms with Gasteiger partial charge in [-0.3, -0.25) is 4.79 Å². The third kappa shape index (κ3) is 2.66. The minimum absolute atomic E-state index is 0.109. The van der Waals surface area contributed by atoms with Crippen LogP contribution < -0.4 is 5.56 Å². The van der Waals surface area contributed by atoms with Crippen LogP contribution in [0.4, 0.5) is 4.39 Å². The quantitative estimate of drug-likeness (QED) is 0.675. The van der Waals surface area contributed by atoms with Gasteiger partial charge in [0, 0.05) is 5.56 Å². The summed E-state index contributed by atoms with van der Waals surface area (Å²) in [5.74, 6) is -0.424. The highest BCUT2D eigenvalue weighted by atomic mass is 32.2. The number of nitrogens with zero attached hydrogens (tertiary/aromatic N) is 2. The minimum atomic E-state index is -0.515. The van der Waals surface area contributed by atoms with Gasteiger partial charge in [-0.1, -0.05) is 11.8 Å². The number of aromatic nitrogens is 2. The first-order valence-corrected chi connectivity index (χ1v) is 6.63. The lowest BCUT2D eigenvalue weighted by Gasteiger charge is -2.06. The van der Waals surface area contributed by atoms with E-state index in [1.54, 1.807) is 19.2 Å². The highest BCUT2D eigenvalue weighted by molar-refractivity contribution is 7.98. The minimum Gasteiger partial charge on any atom is -0.300 e. The average Bonchev–Trinajstić information content (AvgIpc) is 2.36. The third-order valence-corrected chi connectivity index (χ3v) is 3.10. The number of halogens is 1. The van der Waals surface area contributed by atoms with Crippen LogP contribution in [0.2, 0.25) is 0 Å². The molecule has 1 aromatic carbocycles. The van der Waals surface area contributed by atoms with Gasteiger partial charge in [0.15, 0.2) is 5.16 Å². The van der Waals surface area contributed by atoms with Gasteiger partial charge in [-0.25, -0.2) is 9.37 Å². The molecule has 0 aliphatic heterocycles. The van der Waals surface area contributed by atoms with Crippen molar-refractivity contribution in [1.82, 2.24) is 9.97 Å². The van der Waals surface area contributed by atoms with Gasteiger partial charge in [0.05, 0.1) is 5.69 Å². The van der Waals surface area contributed by atoms with Crippen molar-refractivity contribution >= 4 is 11.8 Å². The molecule has 0 saturated carbocycles. The number of benzene rings is 1. The molecule has 0 aliphatic carbocycles. The monoisotopic (exact) mass is 275 g/mol. The maximum absolute atomic E-state index is 13.4. The van der Waals surface area contributed by atoms with E-state index in [-0.39, 0.29) is 11.3 Å². The predicted octanol–water partition coefficient (Wildman–Crippen LogP) is 2.48. The summed E-state index contributed by atoms with van der Waals surface area (Å²) in [5.41, 5.74) is 0.710. The molecule has 0 aliphatic rings. The van der Waals surface area contributed by atoms with Crippen molar-refractivity contribution < 1.29 is 4.39 Å². The first kappa shape index (κ1) is 13.3. The molecule has 0 unspecified atom stereocenters. The summed E-state index contributed by atoms with van der Waals surface area (Å²) in [6, 6.07) is 6.14. The van der Waals surface area contributed by atoms with Crippen LogP contribution in [-0.4, -0.2) is 16.2 Å². The molecule has 0 fully saturated rings. The second kappa shape index (κ2) is 5.24. The van der Waals surface area contributed by atoms with Crippen molar-refractivity contribution in [2.75, 3.05) is 6.26 Å². The summed E-state index contributed by atoms with van der Waals surface area (Å²) in [6.07, 6.45) is 1.75. The number of aryl methyl sites for hydroxylation is 1. The Kier molecular flexibility index (Phi) is 3.67. The number of thioether (sulfide) groups is 1. The highest BCUT2D eigenvalue weighted by Gasteiger charge is 2.14. The van der Waals surface area contributed by atoms with E-state index < -0.39 is 11.4 Å². The fourth-order valence-corrected chi connectivity index (χ4v) is 2.11. The summed E-state index contributed by atoms with van der Waals surface area (Å²) in [5, 5.41) is 9.44. The van der Waals surface area contributed by atoms with Gasteiger partial charge >= 0.3 is 0 Å². The van der Waals surface area contributed by atoms with Crippen LogP contribution in [0.15, 0.2) is 28.2 Å². The van der Waals surface area contributed by atoms with Gasteiger partial charge in [-0.05, 0) is 36.9 Å². The molecule has 0 amide bonds. The highest BCUT2D eigenvalue weighted by Crippen LogP contribution is 2.23. The molecule has 0 bridgehead atoms. The molecule has 19 heavy (non-hydrogen) atoms. The Morgan fingerprint density at radius 3 is 2.74 bits per heavy atom. The Morgan fingerprint density at radius 1 is 1.42 bits per heavy atom. The molecule has 1 heterocycles. The molecule has 0 saturated heterocycles. The third-order valence-electron chi connectivity index (χ3n) is 2.52. The lowest BCUT2D eigenvalue weighted by Crippen LogP contribution is -2.14. The topological polar surface area (TPSA) is 69.5 Å². The lowest BCUT2D eigenvalue weighted by molar-refractivity contribution is 0.627. The molecule has 2 aromatic rings. The van der Waals surface area contributed by atoms with Crippen molar-refractivity contribution in [3.8, 4) is 17.3 Å². The van der Waals surface area contributed by atoms with Crippen molar-refractivity contribution in [2.45, 2.75) is 12.1 Å². The molecule has 0 atom stereocenters. The number of hydrogen-bond acceptors (Lipinski definition) is 4. The van der Waals surface area contributed by atoms with E-state index in [4.69, 9.17) is 5.26 Å². The van der Waals surface area contributed by atoms with Crippen LogP contribution >= 0.6 is 11.8 Å². The summed E-state index contributed by atoms with van der Waals surface area (Å²) in [4.78, 5) is 18.5. The maximum atomic E-state index is 13.4. The first-order chi connectivity index (χ1) is 9.05. The van der Waals surface area contributed by atoms with E-state index in [2.05, 4.69) is 9.97 Å². The van der Waals surface area contributed by atoms with Gasteiger partial charge in [0.1, 0.15) is 17.4 Å². The molecule has 6 heteroatoms. The van der Waals surface area contributed by atoms with Gasteiger partial charge < -0.3 is 4.98 Å². The normalized spacial score (nSPS) is 10.2. The second-order valence-electron chi connectivity index (χ2n) is 3.93. The molecule has 0 spiro atoms. The zero-order valence-electron chi connectivity index (χ0n) is 10.3. The Balaban J connectivity index is 2.77. The van der Waals surface area contributed by atoms with Gasteiger partial charge in [0.2, 0.25) is 0 Å². The summed E-state index contributed by atoms with van der Waals surface area (Å²) >= 11 is 1.25. The molecule has 4 nitrogen and oxygen atoms in total. The number of rotatable bonds is 2. The Labute approximate surface area is 113 Å². The van der Waals surface area contributed by atoms with Crippen LogP contribution in [0.3, 0.4) is 0 Å². The smallest absolute Gasteiger partial charge is 0.270 e. The molecule has 96 valence electrons. The molecule has 2 rings (SSSR count). The number of nitrogens with one attached hydrogen (secondary N) is 1. The first-order valence-electron chi connectivity index (χ1n) is 5.41. The average molecular weight is 275 g/mol. The van der Waals surface area contributed by atoms with Crippen LogP contribution in [0.1, 0.15) is 11.1 Å². The van der Waals surface area contributed by atoms with Crippen LogP contribution in [0.5, 0.6) is 0 Å². The maximum Gasteiger partial charge on any atom is 0.270 e. The molecular weight excluding hydrogens is 265 g/mol. The predicted molar refractivity (Wildman–Crippen MR) is 71.5 cm³/mol. The van der Waals surface area contributed by atoms with Crippen LogP contribution in [-0.2, 0) is 0 Å².